The summed E-state index contributed by atoms with van der Waals surface area (Å²) in [5.41, 5.74) is 7.52. The highest BCUT2D eigenvalue weighted by Crippen LogP contribution is 2.15. The molecule has 0 spiro atoms. The Labute approximate surface area is 92.1 Å². The molecule has 1 unspecified atom stereocenters. The number of nitrogens with zero attached hydrogens (tertiary/aromatic N) is 1. The van der Waals surface area contributed by atoms with Crippen molar-refractivity contribution in [1.82, 2.24) is 4.98 Å². The molecular formula is C12H21N3. The Kier molecular flexibility index (Phi) is 3.95. The molecule has 1 aromatic rings. The zero-order valence-corrected chi connectivity index (χ0v) is 10.0. The smallest absolute Gasteiger partial charge is 0.126 e. The van der Waals surface area contributed by atoms with Gasteiger partial charge in [-0.15, -0.1) is 0 Å². The van der Waals surface area contributed by atoms with Crippen LogP contribution < -0.4 is 11.1 Å². The van der Waals surface area contributed by atoms with Crippen LogP contribution in [0.2, 0.25) is 0 Å². The summed E-state index contributed by atoms with van der Waals surface area (Å²) < 4.78 is 0. The molecule has 1 rings (SSSR count). The summed E-state index contributed by atoms with van der Waals surface area (Å²) in [7, 11) is 0. The molecule has 84 valence electrons. The number of hydrogen-bond donors (Lipinski definition) is 2. The van der Waals surface area contributed by atoms with Crippen LogP contribution in [0.5, 0.6) is 0 Å². The predicted octanol–water partition coefficient (Wildman–Crippen LogP) is 2.68. The maximum Gasteiger partial charge on any atom is 0.126 e. The number of aryl methyl sites for hydroxylation is 1. The molecule has 3 nitrogen and oxygen atoms in total. The maximum atomic E-state index is 5.70. The summed E-state index contributed by atoms with van der Waals surface area (Å²) >= 11 is 0. The first-order valence-corrected chi connectivity index (χ1v) is 5.46. The van der Waals surface area contributed by atoms with E-state index in [0.717, 1.165) is 23.6 Å². The van der Waals surface area contributed by atoms with Crippen LogP contribution in [-0.4, -0.2) is 11.5 Å². The van der Waals surface area contributed by atoms with Gasteiger partial charge in [-0.3, -0.25) is 0 Å². The van der Waals surface area contributed by atoms with Gasteiger partial charge in [-0.05, 0) is 30.4 Å². The van der Waals surface area contributed by atoms with E-state index >= 15 is 0 Å². The molecule has 3 heteroatoms. The summed E-state index contributed by atoms with van der Waals surface area (Å²) in [5.74, 6) is 2.24. The molecular weight excluding hydrogens is 186 g/mol. The van der Waals surface area contributed by atoms with Gasteiger partial charge in [0.05, 0.1) is 11.9 Å². The van der Waals surface area contributed by atoms with Crippen LogP contribution >= 0.6 is 0 Å². The van der Waals surface area contributed by atoms with Crippen molar-refractivity contribution >= 4 is 11.5 Å². The SMILES string of the molecule is Cc1cc(NCC(C)C(C)C)ncc1N. The van der Waals surface area contributed by atoms with E-state index in [1.165, 1.54) is 0 Å². The number of nitrogen functional groups attached to an aromatic ring is 1. The van der Waals surface area contributed by atoms with Crippen molar-refractivity contribution in [1.29, 1.82) is 0 Å². The average Bonchev–Trinajstić information content (AvgIpc) is 2.19. The van der Waals surface area contributed by atoms with Crippen LogP contribution in [0.1, 0.15) is 26.3 Å². The fourth-order valence-electron chi connectivity index (χ4n) is 1.16. The molecule has 0 aliphatic carbocycles. The zero-order valence-electron chi connectivity index (χ0n) is 10.0. The third kappa shape index (κ3) is 3.42. The summed E-state index contributed by atoms with van der Waals surface area (Å²) in [6.45, 7) is 9.64. The molecule has 15 heavy (non-hydrogen) atoms. The second-order valence-corrected chi connectivity index (χ2v) is 4.53. The number of hydrogen-bond acceptors (Lipinski definition) is 3. The Hall–Kier alpha value is -1.25. The van der Waals surface area contributed by atoms with Crippen molar-refractivity contribution in [2.75, 3.05) is 17.6 Å². The van der Waals surface area contributed by atoms with E-state index in [-0.39, 0.29) is 0 Å². The summed E-state index contributed by atoms with van der Waals surface area (Å²) in [5, 5.41) is 3.33. The summed E-state index contributed by atoms with van der Waals surface area (Å²) in [6, 6.07) is 1.99. The quantitative estimate of drug-likeness (QED) is 0.798. The van der Waals surface area contributed by atoms with Crippen LogP contribution in [0.4, 0.5) is 11.5 Å². The topological polar surface area (TPSA) is 50.9 Å². The lowest BCUT2D eigenvalue weighted by Gasteiger charge is -2.16. The first-order chi connectivity index (χ1) is 7.00. The van der Waals surface area contributed by atoms with Gasteiger partial charge in [0, 0.05) is 6.54 Å². The van der Waals surface area contributed by atoms with Crippen LogP contribution in [0, 0.1) is 18.8 Å². The second kappa shape index (κ2) is 5.01. The Morgan fingerprint density at radius 3 is 2.60 bits per heavy atom. The van der Waals surface area contributed by atoms with E-state index in [4.69, 9.17) is 5.73 Å². The molecule has 0 saturated carbocycles. The highest BCUT2D eigenvalue weighted by molar-refractivity contribution is 5.50. The number of pyridine rings is 1. The van der Waals surface area contributed by atoms with Crippen molar-refractivity contribution < 1.29 is 0 Å². The highest BCUT2D eigenvalue weighted by atomic mass is 15.0. The Morgan fingerprint density at radius 1 is 1.40 bits per heavy atom. The molecule has 0 bridgehead atoms. The van der Waals surface area contributed by atoms with Gasteiger partial charge in [-0.2, -0.15) is 0 Å². The van der Waals surface area contributed by atoms with Gasteiger partial charge in [0.1, 0.15) is 5.82 Å². The molecule has 0 saturated heterocycles. The van der Waals surface area contributed by atoms with Crippen molar-refractivity contribution in [3.63, 3.8) is 0 Å². The summed E-state index contributed by atoms with van der Waals surface area (Å²) in [4.78, 5) is 4.23. The van der Waals surface area contributed by atoms with Crippen LogP contribution in [0.25, 0.3) is 0 Å². The molecule has 0 fully saturated rings. The minimum Gasteiger partial charge on any atom is -0.397 e. The standard InChI is InChI=1S/C12H21N3/c1-8(2)10(4)6-14-12-5-9(3)11(13)7-15-12/h5,7-8,10H,6,13H2,1-4H3,(H,14,15). The summed E-state index contributed by atoms with van der Waals surface area (Å²) in [6.07, 6.45) is 1.71. The van der Waals surface area contributed by atoms with Crippen molar-refractivity contribution in [3.05, 3.63) is 17.8 Å². The Bertz CT molecular complexity index is 321. The molecule has 0 aliphatic heterocycles. The van der Waals surface area contributed by atoms with E-state index in [0.29, 0.717) is 11.8 Å². The van der Waals surface area contributed by atoms with Crippen LogP contribution in [0.3, 0.4) is 0 Å². The van der Waals surface area contributed by atoms with Gasteiger partial charge in [-0.25, -0.2) is 4.98 Å². The second-order valence-electron chi connectivity index (χ2n) is 4.53. The van der Waals surface area contributed by atoms with Crippen molar-refractivity contribution in [3.8, 4) is 0 Å². The van der Waals surface area contributed by atoms with Gasteiger partial charge < -0.3 is 11.1 Å². The number of nitrogens with one attached hydrogen (secondary N) is 1. The van der Waals surface area contributed by atoms with Crippen molar-refractivity contribution in [2.45, 2.75) is 27.7 Å². The first kappa shape index (κ1) is 11.8. The maximum absolute atomic E-state index is 5.70. The van der Waals surface area contributed by atoms with E-state index < -0.39 is 0 Å². The van der Waals surface area contributed by atoms with Gasteiger partial charge in [0.2, 0.25) is 0 Å². The largest absolute Gasteiger partial charge is 0.397 e. The fraction of sp³-hybridized carbons (Fsp3) is 0.583. The third-order valence-electron chi connectivity index (χ3n) is 2.89. The molecule has 0 amide bonds. The van der Waals surface area contributed by atoms with E-state index in [2.05, 4.69) is 31.1 Å². The monoisotopic (exact) mass is 207 g/mol. The minimum atomic E-state index is 0.643. The molecule has 0 radical (unpaired) electrons. The Morgan fingerprint density at radius 2 is 2.07 bits per heavy atom. The normalized spacial score (nSPS) is 12.9. The van der Waals surface area contributed by atoms with Crippen molar-refractivity contribution in [2.24, 2.45) is 11.8 Å². The third-order valence-corrected chi connectivity index (χ3v) is 2.89. The number of anilines is 2. The van der Waals surface area contributed by atoms with E-state index in [1.807, 2.05) is 13.0 Å². The molecule has 1 aromatic heterocycles. The average molecular weight is 207 g/mol. The predicted molar refractivity (Wildman–Crippen MR) is 65.9 cm³/mol. The number of nitrogens with two attached hydrogens (primary N) is 1. The minimum absolute atomic E-state index is 0.643. The highest BCUT2D eigenvalue weighted by Gasteiger charge is 2.06. The van der Waals surface area contributed by atoms with Gasteiger partial charge in [0.15, 0.2) is 0 Å². The lowest BCUT2D eigenvalue weighted by atomic mass is 9.98. The molecule has 0 aliphatic rings. The van der Waals surface area contributed by atoms with E-state index in [9.17, 15) is 0 Å². The number of rotatable bonds is 4. The molecule has 1 atom stereocenters. The zero-order chi connectivity index (χ0) is 11.4. The van der Waals surface area contributed by atoms with Gasteiger partial charge >= 0.3 is 0 Å². The Balaban J connectivity index is 2.55. The molecule has 1 heterocycles. The van der Waals surface area contributed by atoms with Crippen LogP contribution in [-0.2, 0) is 0 Å². The molecule has 0 aromatic carbocycles. The lowest BCUT2D eigenvalue weighted by Crippen LogP contribution is -2.16. The molecule has 3 N–H and O–H groups in total. The first-order valence-electron chi connectivity index (χ1n) is 5.46. The van der Waals surface area contributed by atoms with E-state index in [1.54, 1.807) is 6.20 Å². The fourth-order valence-corrected chi connectivity index (χ4v) is 1.16. The lowest BCUT2D eigenvalue weighted by molar-refractivity contribution is 0.439. The van der Waals surface area contributed by atoms with Gasteiger partial charge in [-0.1, -0.05) is 20.8 Å². The van der Waals surface area contributed by atoms with Crippen LogP contribution in [0.15, 0.2) is 12.3 Å². The number of aromatic nitrogens is 1. The van der Waals surface area contributed by atoms with Gasteiger partial charge in [0.25, 0.3) is 0 Å².